The zero-order chi connectivity index (χ0) is 48.6. The van der Waals surface area contributed by atoms with Crippen LogP contribution < -0.4 is 0 Å². The Morgan fingerprint density at radius 3 is 0.881 bits per heavy atom. The van der Waals surface area contributed by atoms with Gasteiger partial charge in [-0.15, -0.1) is 0 Å². The molecule has 67 heavy (non-hydrogen) atoms. The van der Waals surface area contributed by atoms with Gasteiger partial charge in [0.15, 0.2) is 6.10 Å². The highest BCUT2D eigenvalue weighted by atomic mass is 16.6. The van der Waals surface area contributed by atoms with Crippen LogP contribution in [0.25, 0.3) is 0 Å². The van der Waals surface area contributed by atoms with E-state index in [0.29, 0.717) is 19.3 Å². The molecule has 0 bridgehead atoms. The van der Waals surface area contributed by atoms with Crippen molar-refractivity contribution in [1.82, 2.24) is 0 Å². The number of allylic oxidation sites excluding steroid dienone is 6. The van der Waals surface area contributed by atoms with E-state index >= 15 is 0 Å². The molecule has 392 valence electrons. The zero-order valence-corrected chi connectivity index (χ0v) is 44.9. The van der Waals surface area contributed by atoms with Crippen LogP contribution in [0.1, 0.15) is 316 Å². The van der Waals surface area contributed by atoms with Crippen molar-refractivity contribution in [2.24, 2.45) is 0 Å². The number of carbonyl (C=O) groups excluding carboxylic acids is 3. The van der Waals surface area contributed by atoms with Gasteiger partial charge in [0.05, 0.1) is 0 Å². The minimum Gasteiger partial charge on any atom is -0.462 e. The fourth-order valence-electron chi connectivity index (χ4n) is 8.63. The molecule has 0 heterocycles. The van der Waals surface area contributed by atoms with Gasteiger partial charge in [0.25, 0.3) is 0 Å². The summed E-state index contributed by atoms with van der Waals surface area (Å²) in [5.74, 6) is -0.872. The highest BCUT2D eigenvalue weighted by molar-refractivity contribution is 5.71. The molecule has 0 rings (SSSR count). The van der Waals surface area contributed by atoms with E-state index in [4.69, 9.17) is 14.2 Å². The maximum absolute atomic E-state index is 12.9. The van der Waals surface area contributed by atoms with Gasteiger partial charge >= 0.3 is 17.9 Å². The number of hydrogen-bond acceptors (Lipinski definition) is 6. The van der Waals surface area contributed by atoms with E-state index in [1.165, 1.54) is 199 Å². The number of esters is 3. The SMILES string of the molecule is CCCC/C=C/C/C=C/CCCCCCCC(=O)OC[C@H](COC(=O)CCCCCCCCCCC/C=C/CCCCCCCC)OC(=O)CCCCCCCCCCCCCCCCCC. The summed E-state index contributed by atoms with van der Waals surface area (Å²) in [6.07, 6.45) is 67.0. The molecule has 0 spiro atoms. The lowest BCUT2D eigenvalue weighted by Gasteiger charge is -2.18. The van der Waals surface area contributed by atoms with E-state index < -0.39 is 6.10 Å². The molecule has 0 aliphatic rings. The molecule has 0 aromatic heterocycles. The number of unbranched alkanes of at least 4 members (excludes halogenated alkanes) is 37. The Labute approximate surface area is 416 Å². The molecular formula is C61H112O6. The average Bonchev–Trinajstić information content (AvgIpc) is 3.33. The second kappa shape index (κ2) is 56.2. The van der Waals surface area contributed by atoms with Gasteiger partial charge in [0.1, 0.15) is 13.2 Å². The summed E-state index contributed by atoms with van der Waals surface area (Å²) in [6.45, 7) is 6.63. The van der Waals surface area contributed by atoms with E-state index in [1.807, 2.05) is 0 Å². The number of hydrogen-bond donors (Lipinski definition) is 0. The lowest BCUT2D eigenvalue weighted by Crippen LogP contribution is -2.30. The van der Waals surface area contributed by atoms with Gasteiger partial charge in [-0.3, -0.25) is 14.4 Å². The minimum absolute atomic E-state index is 0.0741. The molecule has 0 aromatic rings. The van der Waals surface area contributed by atoms with Crippen molar-refractivity contribution in [3.8, 4) is 0 Å². The Hall–Kier alpha value is -2.37. The fourth-order valence-corrected chi connectivity index (χ4v) is 8.63. The summed E-state index contributed by atoms with van der Waals surface area (Å²) in [5.41, 5.74) is 0. The summed E-state index contributed by atoms with van der Waals surface area (Å²) in [4.78, 5) is 38.2. The average molecular weight is 942 g/mol. The van der Waals surface area contributed by atoms with Crippen molar-refractivity contribution in [2.75, 3.05) is 13.2 Å². The molecule has 0 saturated heterocycles. The van der Waals surface area contributed by atoms with Crippen LogP contribution in [0.2, 0.25) is 0 Å². The Bertz CT molecular complexity index is 1130. The molecular weight excluding hydrogens is 829 g/mol. The third-order valence-electron chi connectivity index (χ3n) is 13.1. The van der Waals surface area contributed by atoms with Crippen LogP contribution in [0.15, 0.2) is 36.5 Å². The molecule has 0 radical (unpaired) electrons. The van der Waals surface area contributed by atoms with Gasteiger partial charge in [-0.25, -0.2) is 0 Å². The molecule has 6 heteroatoms. The Kier molecular flexibility index (Phi) is 54.2. The summed E-state index contributed by atoms with van der Waals surface area (Å²) < 4.78 is 16.9. The smallest absolute Gasteiger partial charge is 0.306 e. The topological polar surface area (TPSA) is 78.9 Å². The van der Waals surface area contributed by atoms with Crippen molar-refractivity contribution < 1.29 is 28.6 Å². The van der Waals surface area contributed by atoms with Crippen LogP contribution in [-0.2, 0) is 28.6 Å². The molecule has 0 aliphatic carbocycles. The van der Waals surface area contributed by atoms with Crippen LogP contribution in [0.5, 0.6) is 0 Å². The molecule has 0 aromatic carbocycles. The van der Waals surface area contributed by atoms with Gasteiger partial charge in [-0.2, -0.15) is 0 Å². The van der Waals surface area contributed by atoms with E-state index in [1.54, 1.807) is 0 Å². The highest BCUT2D eigenvalue weighted by Gasteiger charge is 2.19. The van der Waals surface area contributed by atoms with E-state index in [-0.39, 0.29) is 31.1 Å². The largest absolute Gasteiger partial charge is 0.462 e. The highest BCUT2D eigenvalue weighted by Crippen LogP contribution is 2.17. The summed E-state index contributed by atoms with van der Waals surface area (Å²) in [5, 5.41) is 0. The molecule has 0 fully saturated rings. The van der Waals surface area contributed by atoms with Crippen LogP contribution in [0.4, 0.5) is 0 Å². The Balaban J connectivity index is 4.33. The Morgan fingerprint density at radius 2 is 0.552 bits per heavy atom. The fraction of sp³-hybridized carbons (Fsp3) is 0.852. The number of rotatable bonds is 54. The maximum atomic E-state index is 12.9. The van der Waals surface area contributed by atoms with Gasteiger partial charge in [-0.1, -0.05) is 263 Å². The number of ether oxygens (including phenoxy) is 3. The van der Waals surface area contributed by atoms with Crippen molar-refractivity contribution >= 4 is 17.9 Å². The summed E-state index contributed by atoms with van der Waals surface area (Å²) in [6, 6.07) is 0. The van der Waals surface area contributed by atoms with E-state index in [2.05, 4.69) is 57.2 Å². The quantitative estimate of drug-likeness (QED) is 0.0262. The van der Waals surface area contributed by atoms with Crippen molar-refractivity contribution in [3.63, 3.8) is 0 Å². The molecule has 0 saturated carbocycles. The Morgan fingerprint density at radius 1 is 0.299 bits per heavy atom. The first kappa shape index (κ1) is 64.6. The lowest BCUT2D eigenvalue weighted by molar-refractivity contribution is -0.167. The van der Waals surface area contributed by atoms with Crippen LogP contribution in [0.3, 0.4) is 0 Å². The maximum Gasteiger partial charge on any atom is 0.306 e. The minimum atomic E-state index is -0.775. The van der Waals surface area contributed by atoms with Gasteiger partial charge in [-0.05, 0) is 70.6 Å². The van der Waals surface area contributed by atoms with E-state index in [9.17, 15) is 14.4 Å². The second-order valence-electron chi connectivity index (χ2n) is 19.9. The molecule has 0 aliphatic heterocycles. The monoisotopic (exact) mass is 941 g/mol. The first-order valence-corrected chi connectivity index (χ1v) is 29.5. The third kappa shape index (κ3) is 54.4. The lowest BCUT2D eigenvalue weighted by atomic mass is 10.0. The zero-order valence-electron chi connectivity index (χ0n) is 44.9. The van der Waals surface area contributed by atoms with Gasteiger partial charge in [0, 0.05) is 19.3 Å². The second-order valence-corrected chi connectivity index (χ2v) is 19.9. The van der Waals surface area contributed by atoms with Crippen molar-refractivity contribution in [3.05, 3.63) is 36.5 Å². The predicted molar refractivity (Wildman–Crippen MR) is 289 cm³/mol. The normalized spacial score (nSPS) is 12.2. The molecule has 1 atom stereocenters. The number of carbonyl (C=O) groups is 3. The summed E-state index contributed by atoms with van der Waals surface area (Å²) >= 11 is 0. The van der Waals surface area contributed by atoms with Crippen molar-refractivity contribution in [1.29, 1.82) is 0 Å². The third-order valence-corrected chi connectivity index (χ3v) is 13.1. The predicted octanol–water partition coefficient (Wildman–Crippen LogP) is 19.7. The molecule has 0 unspecified atom stereocenters. The van der Waals surface area contributed by atoms with Crippen LogP contribution in [-0.4, -0.2) is 37.2 Å². The first-order valence-electron chi connectivity index (χ1n) is 29.5. The molecule has 6 nitrogen and oxygen atoms in total. The van der Waals surface area contributed by atoms with Crippen LogP contribution in [0, 0.1) is 0 Å². The standard InChI is InChI=1S/C61H112O6/c1-4-7-10-13-16-19-22-25-28-30-31-32-34-36-39-42-45-48-51-54-60(63)66-57-58(56-65-59(62)53-50-47-44-41-38-35-27-24-21-18-15-12-9-6-3)67-61(64)55-52-49-46-43-40-37-33-29-26-23-20-17-14-11-8-5-2/h15,18,24-25,27-28,58H,4-14,16-17,19-23,26,29-57H2,1-3H3/b18-15+,27-24+,28-25+/t58-/m1/s1. The van der Waals surface area contributed by atoms with E-state index in [0.717, 1.165) is 77.0 Å². The summed E-state index contributed by atoms with van der Waals surface area (Å²) in [7, 11) is 0. The van der Waals surface area contributed by atoms with Gasteiger partial charge < -0.3 is 14.2 Å². The first-order chi connectivity index (χ1) is 33.0. The molecule has 0 N–H and O–H groups in total. The van der Waals surface area contributed by atoms with Crippen LogP contribution >= 0.6 is 0 Å². The van der Waals surface area contributed by atoms with Gasteiger partial charge in [0.2, 0.25) is 0 Å². The van der Waals surface area contributed by atoms with Crippen molar-refractivity contribution in [2.45, 2.75) is 322 Å². The molecule has 0 amide bonds.